The second-order valence-electron chi connectivity index (χ2n) is 1.70. The summed E-state index contributed by atoms with van der Waals surface area (Å²) >= 11 is 0. The molecule has 2 nitrogen and oxygen atoms in total. The minimum Gasteiger partial charge on any atom is -0.299 e. The maximum Gasteiger partial charge on any atom is 0.146 e. The predicted molar refractivity (Wildman–Crippen MR) is 37.0 cm³/mol. The number of carbonyl (C=O) groups excluding carboxylic acids is 1. The van der Waals surface area contributed by atoms with Crippen molar-refractivity contribution in [2.24, 2.45) is 0 Å². The Morgan fingerprint density at radius 1 is 1.78 bits per heavy atom. The molecule has 0 atom stereocenters. The SMILES string of the molecule is C#CCNCC(=O)CC. The lowest BCUT2D eigenvalue weighted by Crippen LogP contribution is -2.22. The van der Waals surface area contributed by atoms with Gasteiger partial charge >= 0.3 is 0 Å². The van der Waals surface area contributed by atoms with Crippen molar-refractivity contribution in [1.82, 2.24) is 5.32 Å². The van der Waals surface area contributed by atoms with Crippen LogP contribution < -0.4 is 5.32 Å². The van der Waals surface area contributed by atoms with Crippen LogP contribution in [0.25, 0.3) is 0 Å². The summed E-state index contributed by atoms with van der Waals surface area (Å²) in [5.41, 5.74) is 0. The Bertz CT molecular complexity index is 123. The van der Waals surface area contributed by atoms with E-state index >= 15 is 0 Å². The highest BCUT2D eigenvalue weighted by Crippen LogP contribution is 1.75. The molecule has 0 fully saturated rings. The molecule has 0 aromatic carbocycles. The molecule has 1 N–H and O–H groups in total. The van der Waals surface area contributed by atoms with Crippen molar-refractivity contribution in [2.75, 3.05) is 13.1 Å². The van der Waals surface area contributed by atoms with Gasteiger partial charge in [0.1, 0.15) is 5.78 Å². The molecule has 0 bridgehead atoms. The van der Waals surface area contributed by atoms with Crippen molar-refractivity contribution in [3.8, 4) is 12.3 Å². The molecule has 0 saturated carbocycles. The van der Waals surface area contributed by atoms with Gasteiger partial charge in [-0.2, -0.15) is 0 Å². The molecule has 0 aliphatic carbocycles. The Morgan fingerprint density at radius 3 is 2.89 bits per heavy atom. The standard InChI is InChI=1S/C7H11NO/c1-3-5-8-6-7(9)4-2/h1,8H,4-6H2,2H3. The summed E-state index contributed by atoms with van der Waals surface area (Å²) in [6, 6.07) is 0. The molecule has 0 aliphatic heterocycles. The van der Waals surface area contributed by atoms with Crippen molar-refractivity contribution in [2.45, 2.75) is 13.3 Å². The van der Waals surface area contributed by atoms with E-state index in [1.54, 1.807) is 0 Å². The van der Waals surface area contributed by atoms with E-state index in [0.29, 0.717) is 19.5 Å². The van der Waals surface area contributed by atoms with Crippen LogP contribution in [0.1, 0.15) is 13.3 Å². The third-order valence-corrected chi connectivity index (χ3v) is 0.944. The van der Waals surface area contributed by atoms with E-state index in [0.717, 1.165) is 0 Å². The highest BCUT2D eigenvalue weighted by Gasteiger charge is 1.93. The van der Waals surface area contributed by atoms with E-state index in [1.807, 2.05) is 6.92 Å². The molecule has 0 rings (SSSR count). The summed E-state index contributed by atoms with van der Waals surface area (Å²) in [5.74, 6) is 2.58. The van der Waals surface area contributed by atoms with Gasteiger partial charge in [0.2, 0.25) is 0 Å². The van der Waals surface area contributed by atoms with Gasteiger partial charge in [-0.1, -0.05) is 12.8 Å². The van der Waals surface area contributed by atoms with Gasteiger partial charge in [-0.3, -0.25) is 10.1 Å². The van der Waals surface area contributed by atoms with Crippen LogP contribution in [0.2, 0.25) is 0 Å². The second-order valence-corrected chi connectivity index (χ2v) is 1.70. The topological polar surface area (TPSA) is 29.1 Å². The molecule has 0 saturated heterocycles. The zero-order valence-electron chi connectivity index (χ0n) is 5.61. The van der Waals surface area contributed by atoms with Crippen LogP contribution in [-0.4, -0.2) is 18.9 Å². The van der Waals surface area contributed by atoms with E-state index in [4.69, 9.17) is 6.42 Å². The average molecular weight is 125 g/mol. The quantitative estimate of drug-likeness (QED) is 0.429. The van der Waals surface area contributed by atoms with Gasteiger partial charge in [0.05, 0.1) is 13.1 Å². The van der Waals surface area contributed by atoms with Gasteiger partial charge in [0.15, 0.2) is 0 Å². The van der Waals surface area contributed by atoms with Crippen molar-refractivity contribution < 1.29 is 4.79 Å². The Kier molecular flexibility index (Phi) is 4.85. The van der Waals surface area contributed by atoms with E-state index < -0.39 is 0 Å². The summed E-state index contributed by atoms with van der Waals surface area (Å²) in [4.78, 5) is 10.6. The molecule has 50 valence electrons. The largest absolute Gasteiger partial charge is 0.299 e. The van der Waals surface area contributed by atoms with Gasteiger partial charge in [-0.25, -0.2) is 0 Å². The fourth-order valence-corrected chi connectivity index (χ4v) is 0.399. The summed E-state index contributed by atoms with van der Waals surface area (Å²) in [6.07, 6.45) is 5.51. The smallest absolute Gasteiger partial charge is 0.146 e. The van der Waals surface area contributed by atoms with Crippen LogP contribution in [0.4, 0.5) is 0 Å². The van der Waals surface area contributed by atoms with Crippen molar-refractivity contribution in [3.05, 3.63) is 0 Å². The first-order valence-electron chi connectivity index (χ1n) is 2.97. The van der Waals surface area contributed by atoms with Gasteiger partial charge in [-0.05, 0) is 0 Å². The fourth-order valence-electron chi connectivity index (χ4n) is 0.399. The number of terminal acetylenes is 1. The first-order valence-corrected chi connectivity index (χ1v) is 2.97. The van der Waals surface area contributed by atoms with Gasteiger partial charge in [-0.15, -0.1) is 6.42 Å². The molecule has 0 aromatic heterocycles. The van der Waals surface area contributed by atoms with Crippen LogP contribution in [0, 0.1) is 12.3 Å². The lowest BCUT2D eigenvalue weighted by atomic mass is 10.3. The molecule has 0 heterocycles. The normalized spacial score (nSPS) is 8.44. The zero-order chi connectivity index (χ0) is 7.11. The van der Waals surface area contributed by atoms with Crippen LogP contribution >= 0.6 is 0 Å². The van der Waals surface area contributed by atoms with Gasteiger partial charge < -0.3 is 0 Å². The van der Waals surface area contributed by atoms with E-state index in [1.165, 1.54) is 0 Å². The lowest BCUT2D eigenvalue weighted by molar-refractivity contribution is -0.117. The third-order valence-electron chi connectivity index (χ3n) is 0.944. The number of nitrogens with one attached hydrogen (secondary N) is 1. The Morgan fingerprint density at radius 2 is 2.44 bits per heavy atom. The number of hydrogen-bond donors (Lipinski definition) is 1. The minimum atomic E-state index is 0.199. The monoisotopic (exact) mass is 125 g/mol. The van der Waals surface area contributed by atoms with Gasteiger partial charge in [0.25, 0.3) is 0 Å². The van der Waals surface area contributed by atoms with E-state index in [2.05, 4.69) is 11.2 Å². The second kappa shape index (κ2) is 5.33. The molecule has 0 aromatic rings. The van der Waals surface area contributed by atoms with Crippen LogP contribution in [0.5, 0.6) is 0 Å². The number of rotatable bonds is 4. The molecule has 0 spiro atoms. The molecule has 0 unspecified atom stereocenters. The molecule has 0 amide bonds. The lowest BCUT2D eigenvalue weighted by Gasteiger charge is -1.94. The molecular weight excluding hydrogens is 114 g/mol. The number of ketones is 1. The Labute approximate surface area is 55.6 Å². The summed E-state index contributed by atoms with van der Waals surface area (Å²) in [7, 11) is 0. The van der Waals surface area contributed by atoms with E-state index in [9.17, 15) is 4.79 Å². The van der Waals surface area contributed by atoms with Gasteiger partial charge in [0, 0.05) is 6.42 Å². The summed E-state index contributed by atoms with van der Waals surface area (Å²) < 4.78 is 0. The van der Waals surface area contributed by atoms with Crippen LogP contribution in [0.3, 0.4) is 0 Å². The summed E-state index contributed by atoms with van der Waals surface area (Å²) in [5, 5.41) is 2.80. The number of carbonyl (C=O) groups is 1. The molecule has 0 aliphatic rings. The molecule has 2 heteroatoms. The summed E-state index contributed by atoms with van der Waals surface area (Å²) in [6.45, 7) is 2.71. The predicted octanol–water partition coefficient (Wildman–Crippen LogP) is 0.188. The maximum atomic E-state index is 10.6. The zero-order valence-corrected chi connectivity index (χ0v) is 5.61. The first-order chi connectivity index (χ1) is 4.31. The van der Waals surface area contributed by atoms with Crippen molar-refractivity contribution in [1.29, 1.82) is 0 Å². The van der Waals surface area contributed by atoms with Crippen LogP contribution in [0.15, 0.2) is 0 Å². The highest BCUT2D eigenvalue weighted by atomic mass is 16.1. The molecule has 0 radical (unpaired) electrons. The Balaban J connectivity index is 3.09. The Hall–Kier alpha value is -0.810. The molecular formula is C7H11NO. The van der Waals surface area contributed by atoms with Crippen molar-refractivity contribution >= 4 is 5.78 Å². The van der Waals surface area contributed by atoms with E-state index in [-0.39, 0.29) is 5.78 Å². The molecule has 9 heavy (non-hydrogen) atoms. The highest BCUT2D eigenvalue weighted by molar-refractivity contribution is 5.80. The maximum absolute atomic E-state index is 10.6. The number of hydrogen-bond acceptors (Lipinski definition) is 2. The third kappa shape index (κ3) is 5.05. The minimum absolute atomic E-state index is 0.199. The van der Waals surface area contributed by atoms with Crippen molar-refractivity contribution in [3.63, 3.8) is 0 Å². The average Bonchev–Trinajstić information content (AvgIpc) is 1.89. The fraction of sp³-hybridized carbons (Fsp3) is 0.571. The first kappa shape index (κ1) is 8.19. The van der Waals surface area contributed by atoms with Crippen LogP contribution in [-0.2, 0) is 4.79 Å². The number of Topliss-reactive ketones (excluding diaryl/α,β-unsaturated/α-hetero) is 1.